The van der Waals surface area contributed by atoms with Crippen LogP contribution < -0.4 is 16.0 Å². The average Bonchev–Trinajstić information content (AvgIpc) is 3.68. The Balaban J connectivity index is 1.29. The van der Waals surface area contributed by atoms with Crippen molar-refractivity contribution in [1.82, 2.24) is 19.9 Å². The summed E-state index contributed by atoms with van der Waals surface area (Å²) in [5, 5.41) is 3.53. The fraction of sp³-hybridized carbons (Fsp3) is 0.0333. The lowest BCUT2D eigenvalue weighted by Gasteiger charge is -2.18. The van der Waals surface area contributed by atoms with Crippen LogP contribution in [0.4, 0.5) is 31.2 Å². The largest absolute Gasteiger partial charge is 0.444 e. The van der Waals surface area contributed by atoms with Gasteiger partial charge >= 0.3 is 0 Å². The van der Waals surface area contributed by atoms with Crippen molar-refractivity contribution >= 4 is 39.7 Å². The number of oxazole rings is 1. The van der Waals surface area contributed by atoms with Gasteiger partial charge in [0.2, 0.25) is 5.95 Å². The molecule has 3 N–H and O–H groups in total. The van der Waals surface area contributed by atoms with Gasteiger partial charge in [-0.1, -0.05) is 35.6 Å². The van der Waals surface area contributed by atoms with Crippen LogP contribution in [0.3, 0.4) is 0 Å². The maximum Gasteiger partial charge on any atom is 0.261 e. The van der Waals surface area contributed by atoms with E-state index in [9.17, 15) is 13.6 Å². The van der Waals surface area contributed by atoms with Gasteiger partial charge in [0.05, 0.1) is 28.0 Å². The lowest BCUT2D eigenvalue weighted by molar-refractivity contribution is 0.0988. The second-order valence-corrected chi connectivity index (χ2v) is 10.1. The second-order valence-electron chi connectivity index (χ2n) is 9.11. The first-order valence-electron chi connectivity index (χ1n) is 12.5. The van der Waals surface area contributed by atoms with E-state index in [0.717, 1.165) is 29.4 Å². The van der Waals surface area contributed by atoms with Gasteiger partial charge in [0.1, 0.15) is 11.6 Å². The summed E-state index contributed by atoms with van der Waals surface area (Å²) < 4.78 is 33.4. The fourth-order valence-corrected chi connectivity index (χ4v) is 5.13. The highest BCUT2D eigenvalue weighted by atomic mass is 32.1. The number of thiazole rings is 1. The molecule has 3 aromatic heterocycles. The van der Waals surface area contributed by atoms with Crippen LogP contribution >= 0.6 is 11.3 Å². The Kier molecular flexibility index (Phi) is 7.11. The minimum Gasteiger partial charge on any atom is -0.444 e. The highest BCUT2D eigenvalue weighted by molar-refractivity contribution is 7.19. The zero-order valence-corrected chi connectivity index (χ0v) is 22.8. The number of rotatable bonds is 7. The van der Waals surface area contributed by atoms with Gasteiger partial charge in [-0.15, -0.1) is 0 Å². The summed E-state index contributed by atoms with van der Waals surface area (Å²) in [7, 11) is 1.49. The molecule has 3 heterocycles. The molecule has 1 amide bonds. The van der Waals surface area contributed by atoms with Crippen LogP contribution in [-0.2, 0) is 0 Å². The first-order chi connectivity index (χ1) is 20.4. The third-order valence-electron chi connectivity index (χ3n) is 6.34. The quantitative estimate of drug-likeness (QED) is 0.211. The van der Waals surface area contributed by atoms with Crippen LogP contribution in [0.1, 0.15) is 10.4 Å². The van der Waals surface area contributed by atoms with Crippen molar-refractivity contribution in [2.45, 2.75) is 0 Å². The van der Waals surface area contributed by atoms with Crippen LogP contribution in [0.2, 0.25) is 0 Å². The minimum absolute atomic E-state index is 0.324. The standard InChI is InChI=1S/C30H21F2N7O2S/c1-39(28(40)22-14-19(31)8-9-23(22)32)21-7-3-5-18(13-21)26-27(42-29(33)38-26)24-10-11-35-30(37-24)36-20-6-2-4-17(12-20)25-15-34-16-41-25/h2-16H,1H3,(H2,33,38)(H,35,36,37). The highest BCUT2D eigenvalue weighted by Crippen LogP contribution is 2.38. The normalized spacial score (nSPS) is 10.9. The van der Waals surface area contributed by atoms with Crippen molar-refractivity contribution in [3.8, 4) is 33.2 Å². The second kappa shape index (κ2) is 11.2. The average molecular weight is 582 g/mol. The number of nitrogens with one attached hydrogen (secondary N) is 1. The lowest BCUT2D eigenvalue weighted by atomic mass is 10.1. The fourth-order valence-electron chi connectivity index (χ4n) is 4.31. The summed E-state index contributed by atoms with van der Waals surface area (Å²) in [6, 6.07) is 19.0. The van der Waals surface area contributed by atoms with E-state index in [1.165, 1.54) is 29.7 Å². The summed E-state index contributed by atoms with van der Waals surface area (Å²) in [4.78, 5) is 32.5. The van der Waals surface area contributed by atoms with E-state index in [1.54, 1.807) is 36.7 Å². The number of halogens is 2. The van der Waals surface area contributed by atoms with Crippen molar-refractivity contribution in [3.05, 3.63) is 109 Å². The SMILES string of the molecule is CN(C(=O)c1cc(F)ccc1F)c1cccc(-c2nc(N)sc2-c2ccnc(Nc3cccc(-c4cnco4)c3)n2)c1. The van der Waals surface area contributed by atoms with Crippen molar-refractivity contribution in [2.24, 2.45) is 0 Å². The monoisotopic (exact) mass is 581 g/mol. The number of nitrogen functional groups attached to an aromatic ring is 1. The van der Waals surface area contributed by atoms with Crippen LogP contribution in [0.25, 0.3) is 33.2 Å². The van der Waals surface area contributed by atoms with Crippen LogP contribution in [0.5, 0.6) is 0 Å². The van der Waals surface area contributed by atoms with Crippen molar-refractivity contribution in [3.63, 3.8) is 0 Å². The third kappa shape index (κ3) is 5.43. The molecule has 0 radical (unpaired) electrons. The van der Waals surface area contributed by atoms with Gasteiger partial charge in [0, 0.05) is 35.7 Å². The molecule has 0 atom stereocenters. The number of benzene rings is 3. The van der Waals surface area contributed by atoms with Gasteiger partial charge in [0.15, 0.2) is 17.3 Å². The minimum atomic E-state index is -0.808. The molecule has 0 bridgehead atoms. The Labute approximate surface area is 242 Å². The van der Waals surface area contributed by atoms with E-state index in [0.29, 0.717) is 44.4 Å². The Morgan fingerprint density at radius 3 is 2.67 bits per heavy atom. The number of aromatic nitrogens is 4. The van der Waals surface area contributed by atoms with Crippen molar-refractivity contribution < 1.29 is 18.0 Å². The van der Waals surface area contributed by atoms with Crippen molar-refractivity contribution in [2.75, 3.05) is 23.0 Å². The maximum atomic E-state index is 14.3. The van der Waals surface area contributed by atoms with E-state index < -0.39 is 17.5 Å². The molecule has 0 spiro atoms. The molecule has 6 aromatic rings. The molecule has 3 aromatic carbocycles. The number of nitrogens with two attached hydrogens (primary N) is 1. The van der Waals surface area contributed by atoms with Gasteiger partial charge < -0.3 is 20.4 Å². The van der Waals surface area contributed by atoms with Crippen LogP contribution in [0.15, 0.2) is 96.0 Å². The van der Waals surface area contributed by atoms with E-state index in [1.807, 2.05) is 30.3 Å². The molecule has 0 saturated heterocycles. The van der Waals surface area contributed by atoms with Crippen molar-refractivity contribution in [1.29, 1.82) is 0 Å². The van der Waals surface area contributed by atoms with Gasteiger partial charge in [-0.2, -0.15) is 0 Å². The number of nitrogens with zero attached hydrogens (tertiary/aromatic N) is 5. The smallest absolute Gasteiger partial charge is 0.261 e. The predicted molar refractivity (Wildman–Crippen MR) is 157 cm³/mol. The van der Waals surface area contributed by atoms with Gasteiger partial charge in [-0.25, -0.2) is 28.7 Å². The number of carbonyl (C=O) groups is 1. The number of carbonyl (C=O) groups excluding carboxylic acids is 1. The summed E-state index contributed by atoms with van der Waals surface area (Å²) in [6.45, 7) is 0. The molecule has 0 saturated carbocycles. The Bertz CT molecular complexity index is 1910. The molecule has 42 heavy (non-hydrogen) atoms. The Morgan fingerprint density at radius 1 is 1.00 bits per heavy atom. The number of anilines is 4. The van der Waals surface area contributed by atoms with Gasteiger partial charge in [-0.3, -0.25) is 4.79 Å². The molecular formula is C30H21F2N7O2S. The van der Waals surface area contributed by atoms with Gasteiger partial charge in [0.25, 0.3) is 5.91 Å². The first-order valence-corrected chi connectivity index (χ1v) is 13.4. The molecule has 12 heteroatoms. The molecule has 6 rings (SSSR count). The van der Waals surface area contributed by atoms with Gasteiger partial charge in [-0.05, 0) is 48.5 Å². The number of hydrogen-bond donors (Lipinski definition) is 2. The molecule has 0 fully saturated rings. The van der Waals surface area contributed by atoms with E-state index in [2.05, 4.69) is 25.3 Å². The molecule has 208 valence electrons. The summed E-state index contributed by atoms with van der Waals surface area (Å²) in [6.07, 6.45) is 4.63. The molecular weight excluding hydrogens is 560 g/mol. The van der Waals surface area contributed by atoms with Crippen LogP contribution in [0, 0.1) is 11.6 Å². The summed E-state index contributed by atoms with van der Waals surface area (Å²) in [5.74, 6) is -1.21. The molecule has 9 nitrogen and oxygen atoms in total. The predicted octanol–water partition coefficient (Wildman–Crippen LogP) is 6.80. The molecule has 0 aliphatic carbocycles. The van der Waals surface area contributed by atoms with Crippen LogP contribution in [-0.4, -0.2) is 32.9 Å². The Morgan fingerprint density at radius 2 is 1.83 bits per heavy atom. The third-order valence-corrected chi connectivity index (χ3v) is 7.24. The number of amides is 1. The zero-order valence-electron chi connectivity index (χ0n) is 22.0. The Hall–Kier alpha value is -5.49. The van der Waals surface area contributed by atoms with E-state index in [4.69, 9.17) is 10.2 Å². The highest BCUT2D eigenvalue weighted by Gasteiger charge is 2.21. The lowest BCUT2D eigenvalue weighted by Crippen LogP contribution is -2.27. The molecule has 0 aliphatic rings. The molecule has 0 unspecified atom stereocenters. The topological polar surface area (TPSA) is 123 Å². The summed E-state index contributed by atoms with van der Waals surface area (Å²) in [5.41, 5.74) is 9.59. The number of hydrogen-bond acceptors (Lipinski definition) is 9. The van der Waals surface area contributed by atoms with E-state index in [-0.39, 0.29) is 5.56 Å². The first kappa shape index (κ1) is 26.7. The zero-order chi connectivity index (χ0) is 29.2. The molecule has 0 aliphatic heterocycles. The maximum absolute atomic E-state index is 14.3. The summed E-state index contributed by atoms with van der Waals surface area (Å²) >= 11 is 1.26. The van der Waals surface area contributed by atoms with E-state index >= 15 is 0 Å².